The monoisotopic (exact) mass is 336 g/mol. The van der Waals surface area contributed by atoms with E-state index in [0.29, 0.717) is 36.2 Å². The van der Waals surface area contributed by atoms with Crippen LogP contribution in [-0.4, -0.2) is 22.8 Å². The fourth-order valence-electron chi connectivity index (χ4n) is 7.19. The molecule has 0 saturated heterocycles. The molecule has 24 heavy (non-hydrogen) atoms. The maximum atomic E-state index is 12.1. The Morgan fingerprint density at radius 3 is 2.46 bits per heavy atom. The Morgan fingerprint density at radius 1 is 1.17 bits per heavy atom. The van der Waals surface area contributed by atoms with Crippen molar-refractivity contribution in [2.45, 2.75) is 72.6 Å². The summed E-state index contributed by atoms with van der Waals surface area (Å²) < 4.78 is 0. The van der Waals surface area contributed by atoms with Crippen LogP contribution in [0.25, 0.3) is 0 Å². The summed E-state index contributed by atoms with van der Waals surface area (Å²) >= 11 is 0. The number of hydrogen-bond donors (Lipinski definition) is 2. The van der Waals surface area contributed by atoms with Crippen LogP contribution in [0.2, 0.25) is 0 Å². The number of aliphatic hydroxyl groups excluding tert-OH is 1. The van der Waals surface area contributed by atoms with Gasteiger partial charge in [-0.15, -0.1) is 0 Å². The highest BCUT2D eigenvalue weighted by Crippen LogP contribution is 2.65. The zero-order chi connectivity index (χ0) is 17.7. The molecule has 3 heteroatoms. The van der Waals surface area contributed by atoms with Gasteiger partial charge in [0.25, 0.3) is 0 Å². The molecule has 2 N–H and O–H groups in total. The third-order valence-corrected chi connectivity index (χ3v) is 8.54. The molecule has 3 rings (SSSR count). The minimum atomic E-state index is -0.591. The van der Waals surface area contributed by atoms with Crippen LogP contribution in [0.5, 0.6) is 0 Å². The lowest BCUT2D eigenvalue weighted by Crippen LogP contribution is -2.57. The Labute approximate surface area is 147 Å². The van der Waals surface area contributed by atoms with Crippen LogP contribution in [0.3, 0.4) is 0 Å². The second-order valence-corrected chi connectivity index (χ2v) is 9.90. The Kier molecular flexibility index (Phi) is 4.79. The largest absolute Gasteiger partial charge is 0.481 e. The average Bonchev–Trinajstić information content (AvgIpc) is 2.53. The van der Waals surface area contributed by atoms with Crippen molar-refractivity contribution in [1.29, 1.82) is 0 Å². The van der Waals surface area contributed by atoms with Gasteiger partial charge in [0.1, 0.15) is 0 Å². The maximum Gasteiger partial charge on any atom is 0.309 e. The van der Waals surface area contributed by atoms with E-state index in [2.05, 4.69) is 20.8 Å². The first-order valence-electron chi connectivity index (χ1n) is 10.1. The third kappa shape index (κ3) is 2.62. The first-order valence-corrected chi connectivity index (χ1v) is 10.1. The summed E-state index contributed by atoms with van der Waals surface area (Å²) in [6, 6.07) is 0. The van der Waals surface area contributed by atoms with Gasteiger partial charge in [-0.2, -0.15) is 0 Å². The summed E-state index contributed by atoms with van der Waals surface area (Å²) in [4.78, 5) is 12.1. The topological polar surface area (TPSA) is 57.5 Å². The van der Waals surface area contributed by atoms with E-state index in [9.17, 15) is 15.0 Å². The van der Waals surface area contributed by atoms with Crippen LogP contribution >= 0.6 is 0 Å². The Bertz CT molecular complexity index is 487. The predicted octanol–water partition coefficient (Wildman–Crippen LogP) is 4.58. The zero-order valence-corrected chi connectivity index (χ0v) is 15.9. The van der Waals surface area contributed by atoms with Crippen molar-refractivity contribution < 1.29 is 15.0 Å². The molecule has 0 amide bonds. The lowest BCUT2D eigenvalue weighted by molar-refractivity contribution is -0.176. The molecule has 3 aliphatic carbocycles. The molecule has 0 aromatic carbocycles. The van der Waals surface area contributed by atoms with Crippen LogP contribution < -0.4 is 0 Å². The summed E-state index contributed by atoms with van der Waals surface area (Å²) in [6.45, 7) is 9.27. The molecule has 0 heterocycles. The molecule has 3 aliphatic rings. The van der Waals surface area contributed by atoms with Crippen molar-refractivity contribution >= 4 is 5.97 Å². The number of carboxylic acids is 1. The zero-order valence-electron chi connectivity index (χ0n) is 15.9. The molecule has 0 aliphatic heterocycles. The summed E-state index contributed by atoms with van der Waals surface area (Å²) in [6.07, 6.45) is 7.65. The van der Waals surface area contributed by atoms with Gasteiger partial charge in [0.2, 0.25) is 0 Å². The minimum absolute atomic E-state index is 0.143. The Morgan fingerprint density at radius 2 is 1.88 bits per heavy atom. The van der Waals surface area contributed by atoms with Gasteiger partial charge in [0, 0.05) is 6.61 Å². The lowest BCUT2D eigenvalue weighted by atomic mass is 9.43. The third-order valence-electron chi connectivity index (χ3n) is 8.54. The van der Waals surface area contributed by atoms with Crippen molar-refractivity contribution in [2.75, 3.05) is 6.61 Å². The number of hydrogen-bond acceptors (Lipinski definition) is 2. The smallest absolute Gasteiger partial charge is 0.309 e. The van der Waals surface area contributed by atoms with Gasteiger partial charge in [0.05, 0.1) is 5.41 Å². The molecule has 7 atom stereocenters. The quantitative estimate of drug-likeness (QED) is 0.793. The molecule has 0 spiro atoms. The summed E-state index contributed by atoms with van der Waals surface area (Å²) in [5.74, 6) is 2.70. The molecule has 3 saturated carbocycles. The predicted molar refractivity (Wildman–Crippen MR) is 95.5 cm³/mol. The van der Waals surface area contributed by atoms with Crippen LogP contribution in [0, 0.1) is 46.3 Å². The van der Waals surface area contributed by atoms with Crippen molar-refractivity contribution in [3.63, 3.8) is 0 Å². The van der Waals surface area contributed by atoms with Gasteiger partial charge in [-0.1, -0.05) is 27.2 Å². The van der Waals surface area contributed by atoms with Gasteiger partial charge in [-0.3, -0.25) is 4.79 Å². The van der Waals surface area contributed by atoms with E-state index in [4.69, 9.17) is 0 Å². The number of carboxylic acid groups (broad SMARTS) is 1. The second-order valence-electron chi connectivity index (χ2n) is 9.90. The number of fused-ring (bicyclic) bond motifs is 3. The molecule has 0 radical (unpaired) electrons. The highest BCUT2D eigenvalue weighted by atomic mass is 16.4. The first kappa shape index (κ1) is 18.2. The summed E-state index contributed by atoms with van der Waals surface area (Å²) in [5, 5.41) is 19.9. The number of rotatable bonds is 3. The van der Waals surface area contributed by atoms with E-state index in [1.165, 1.54) is 19.3 Å². The van der Waals surface area contributed by atoms with Crippen molar-refractivity contribution in [3.05, 3.63) is 0 Å². The first-order chi connectivity index (χ1) is 11.2. The van der Waals surface area contributed by atoms with Crippen LogP contribution in [0.1, 0.15) is 72.6 Å². The Balaban J connectivity index is 1.90. The van der Waals surface area contributed by atoms with Gasteiger partial charge in [0.15, 0.2) is 0 Å². The average molecular weight is 337 g/mol. The van der Waals surface area contributed by atoms with E-state index in [1.54, 1.807) is 0 Å². The molecule has 3 fully saturated rings. The molecule has 7 unspecified atom stereocenters. The molecular weight excluding hydrogens is 300 g/mol. The number of aliphatic carboxylic acids is 1. The molecule has 0 bridgehead atoms. The SMILES string of the molecule is CC(C)C1CC2CCC3C(C)(C(=O)O)CCCC3(C)C2CC1CO. The molecular formula is C21H36O3. The molecule has 3 nitrogen and oxygen atoms in total. The van der Waals surface area contributed by atoms with E-state index >= 15 is 0 Å². The van der Waals surface area contributed by atoms with Crippen molar-refractivity contribution in [3.8, 4) is 0 Å². The maximum absolute atomic E-state index is 12.1. The lowest BCUT2D eigenvalue weighted by Gasteiger charge is -2.61. The molecule has 0 aromatic rings. The fraction of sp³-hybridized carbons (Fsp3) is 0.952. The standard InChI is InChI=1S/C21H36O3/c1-13(2)16-10-14-6-7-18-20(3,17(14)11-15(16)12-22)8-5-9-21(18,4)19(23)24/h13-18,22H,5-12H2,1-4H3,(H,23,24). The van der Waals surface area contributed by atoms with Crippen LogP contribution in [0.4, 0.5) is 0 Å². The fourth-order valence-corrected chi connectivity index (χ4v) is 7.19. The van der Waals surface area contributed by atoms with Crippen LogP contribution in [-0.2, 0) is 4.79 Å². The summed E-state index contributed by atoms with van der Waals surface area (Å²) in [5.41, 5.74) is -0.411. The molecule has 138 valence electrons. The van der Waals surface area contributed by atoms with E-state index in [1.807, 2.05) is 6.92 Å². The van der Waals surface area contributed by atoms with Crippen molar-refractivity contribution in [2.24, 2.45) is 46.3 Å². The highest BCUT2D eigenvalue weighted by molar-refractivity contribution is 5.75. The number of carbonyl (C=O) groups is 1. The minimum Gasteiger partial charge on any atom is -0.481 e. The van der Waals surface area contributed by atoms with Crippen LogP contribution in [0.15, 0.2) is 0 Å². The Hall–Kier alpha value is -0.570. The highest BCUT2D eigenvalue weighted by Gasteiger charge is 2.60. The van der Waals surface area contributed by atoms with Gasteiger partial charge < -0.3 is 10.2 Å². The van der Waals surface area contributed by atoms with Gasteiger partial charge in [-0.25, -0.2) is 0 Å². The normalized spacial score (nSPS) is 48.7. The summed E-state index contributed by atoms with van der Waals surface area (Å²) in [7, 11) is 0. The van der Waals surface area contributed by atoms with E-state index < -0.39 is 11.4 Å². The van der Waals surface area contributed by atoms with E-state index in [-0.39, 0.29) is 5.41 Å². The number of aliphatic hydroxyl groups is 1. The van der Waals surface area contributed by atoms with E-state index in [0.717, 1.165) is 31.6 Å². The van der Waals surface area contributed by atoms with Gasteiger partial charge in [-0.05, 0) is 86.4 Å². The molecule has 0 aromatic heterocycles. The van der Waals surface area contributed by atoms with Crippen molar-refractivity contribution in [1.82, 2.24) is 0 Å². The second kappa shape index (κ2) is 6.30. The van der Waals surface area contributed by atoms with Gasteiger partial charge >= 0.3 is 5.97 Å².